The summed E-state index contributed by atoms with van der Waals surface area (Å²) < 4.78 is 3.24. The van der Waals surface area contributed by atoms with E-state index in [0.29, 0.717) is 6.04 Å². The minimum absolute atomic E-state index is 0.490. The van der Waals surface area contributed by atoms with Gasteiger partial charge < -0.3 is 14.8 Å². The van der Waals surface area contributed by atoms with Crippen LogP contribution in [0.4, 0.5) is 0 Å². The number of aliphatic imine (C=N–C) groups is 1. The van der Waals surface area contributed by atoms with Gasteiger partial charge in [-0.05, 0) is 42.0 Å². The van der Waals surface area contributed by atoms with Crippen LogP contribution in [-0.4, -0.2) is 60.1 Å². The zero-order chi connectivity index (χ0) is 16.7. The average molecular weight is 372 g/mol. The molecule has 1 N–H and O–H groups in total. The molecule has 1 heterocycles. The Hall–Kier alpha value is -1.01. The first-order valence-corrected chi connectivity index (χ1v) is 8.68. The summed E-state index contributed by atoms with van der Waals surface area (Å²) >= 11 is 3.52. The Morgan fingerprint density at radius 2 is 2.05 bits per heavy atom. The van der Waals surface area contributed by atoms with Crippen molar-refractivity contribution >= 4 is 21.9 Å². The second-order valence-corrected chi connectivity index (χ2v) is 6.53. The minimum atomic E-state index is 0.490. The number of rotatable bonds is 7. The van der Waals surface area contributed by atoms with Gasteiger partial charge in [-0.1, -0.05) is 13.8 Å². The summed E-state index contributed by atoms with van der Waals surface area (Å²) in [5.41, 5.74) is 1.24. The highest BCUT2D eigenvalue weighted by Gasteiger charge is 2.13. The molecule has 0 saturated carbocycles. The lowest BCUT2D eigenvalue weighted by Gasteiger charge is -2.29. The van der Waals surface area contributed by atoms with Gasteiger partial charge in [0.15, 0.2) is 5.96 Å². The molecule has 0 aliphatic carbocycles. The van der Waals surface area contributed by atoms with Crippen LogP contribution in [0.5, 0.6) is 0 Å². The summed E-state index contributed by atoms with van der Waals surface area (Å²) in [7, 11) is 5.96. The van der Waals surface area contributed by atoms with Crippen LogP contribution in [0.25, 0.3) is 0 Å². The Kier molecular flexibility index (Phi) is 7.96. The maximum atomic E-state index is 4.40. The van der Waals surface area contributed by atoms with Crippen LogP contribution in [0.1, 0.15) is 26.5 Å². The fraction of sp³-hybridized carbons (Fsp3) is 0.688. The number of halogens is 1. The van der Waals surface area contributed by atoms with E-state index in [2.05, 4.69) is 87.7 Å². The number of hydrogen-bond acceptors (Lipinski definition) is 2. The quantitative estimate of drug-likeness (QED) is 0.590. The van der Waals surface area contributed by atoms with Crippen molar-refractivity contribution in [3.63, 3.8) is 0 Å². The number of aromatic nitrogens is 1. The summed E-state index contributed by atoms with van der Waals surface area (Å²) in [6.07, 6.45) is 2.07. The molecule has 1 rings (SSSR count). The van der Waals surface area contributed by atoms with E-state index in [9.17, 15) is 0 Å². The maximum absolute atomic E-state index is 4.40. The van der Waals surface area contributed by atoms with Crippen molar-refractivity contribution in [3.05, 3.63) is 22.4 Å². The van der Waals surface area contributed by atoms with E-state index < -0.39 is 0 Å². The molecule has 0 aliphatic heterocycles. The Labute approximate surface area is 143 Å². The molecular formula is C16H30BrN5. The van der Waals surface area contributed by atoms with Crippen LogP contribution in [0.3, 0.4) is 0 Å². The number of aryl methyl sites for hydroxylation is 1. The number of nitrogens with zero attached hydrogens (tertiary/aromatic N) is 4. The SMILES string of the molecule is CCN(CC)C(C)CNC(=NC)N(C)Cc1cc(Br)cn1C. The molecule has 0 aliphatic rings. The Balaban J connectivity index is 2.58. The monoisotopic (exact) mass is 371 g/mol. The van der Waals surface area contributed by atoms with Crippen molar-refractivity contribution in [1.82, 2.24) is 19.7 Å². The predicted octanol–water partition coefficient (Wildman–Crippen LogP) is 2.53. The first-order chi connectivity index (χ1) is 10.4. The van der Waals surface area contributed by atoms with Gasteiger partial charge in [-0.25, -0.2) is 0 Å². The van der Waals surface area contributed by atoms with E-state index in [1.54, 1.807) is 0 Å². The van der Waals surface area contributed by atoms with Crippen LogP contribution >= 0.6 is 15.9 Å². The third kappa shape index (κ3) is 5.32. The molecule has 0 radical (unpaired) electrons. The van der Waals surface area contributed by atoms with E-state index >= 15 is 0 Å². The van der Waals surface area contributed by atoms with Gasteiger partial charge in [0.1, 0.15) is 0 Å². The average Bonchev–Trinajstić information content (AvgIpc) is 2.78. The first kappa shape index (κ1) is 19.0. The van der Waals surface area contributed by atoms with Gasteiger partial charge in [0, 0.05) is 50.1 Å². The van der Waals surface area contributed by atoms with Crippen LogP contribution in [0.15, 0.2) is 21.7 Å². The van der Waals surface area contributed by atoms with E-state index in [-0.39, 0.29) is 0 Å². The molecule has 0 spiro atoms. The highest BCUT2D eigenvalue weighted by atomic mass is 79.9. The van der Waals surface area contributed by atoms with Crippen LogP contribution < -0.4 is 5.32 Å². The van der Waals surface area contributed by atoms with E-state index in [1.807, 2.05) is 7.05 Å². The standard InChI is InChI=1S/C16H30BrN5/c1-7-22(8-2)13(3)10-19-16(18-4)21(6)12-15-9-14(17)11-20(15)5/h9,11,13H,7-8,10,12H2,1-6H3,(H,18,19). The molecule has 1 aromatic heterocycles. The molecule has 0 aromatic carbocycles. The largest absolute Gasteiger partial charge is 0.355 e. The molecule has 0 amide bonds. The van der Waals surface area contributed by atoms with Crippen LogP contribution in [-0.2, 0) is 13.6 Å². The van der Waals surface area contributed by atoms with Gasteiger partial charge in [-0.15, -0.1) is 0 Å². The maximum Gasteiger partial charge on any atom is 0.193 e. The van der Waals surface area contributed by atoms with Crippen molar-refractivity contribution in [2.75, 3.05) is 33.7 Å². The van der Waals surface area contributed by atoms with Crippen molar-refractivity contribution in [2.24, 2.45) is 12.0 Å². The van der Waals surface area contributed by atoms with Gasteiger partial charge in [0.05, 0.1) is 6.54 Å². The van der Waals surface area contributed by atoms with Crippen LogP contribution in [0.2, 0.25) is 0 Å². The van der Waals surface area contributed by atoms with Gasteiger partial charge in [-0.3, -0.25) is 9.89 Å². The molecule has 126 valence electrons. The third-order valence-corrected chi connectivity index (χ3v) is 4.47. The third-order valence-electron chi connectivity index (χ3n) is 4.04. The Morgan fingerprint density at radius 1 is 1.41 bits per heavy atom. The number of hydrogen-bond donors (Lipinski definition) is 1. The second-order valence-electron chi connectivity index (χ2n) is 5.61. The summed E-state index contributed by atoms with van der Waals surface area (Å²) in [4.78, 5) is 8.98. The molecular weight excluding hydrogens is 342 g/mol. The molecule has 22 heavy (non-hydrogen) atoms. The molecule has 1 unspecified atom stereocenters. The smallest absolute Gasteiger partial charge is 0.193 e. The Morgan fingerprint density at radius 3 is 2.50 bits per heavy atom. The lowest BCUT2D eigenvalue weighted by atomic mass is 10.3. The van der Waals surface area contributed by atoms with Crippen LogP contribution in [0, 0.1) is 0 Å². The van der Waals surface area contributed by atoms with Gasteiger partial charge in [0.25, 0.3) is 0 Å². The minimum Gasteiger partial charge on any atom is -0.355 e. The van der Waals surface area contributed by atoms with Crippen molar-refractivity contribution < 1.29 is 0 Å². The highest BCUT2D eigenvalue weighted by Crippen LogP contribution is 2.14. The molecule has 0 bridgehead atoms. The molecule has 1 aromatic rings. The molecule has 6 heteroatoms. The van der Waals surface area contributed by atoms with Crippen molar-refractivity contribution in [1.29, 1.82) is 0 Å². The topological polar surface area (TPSA) is 35.8 Å². The summed E-state index contributed by atoms with van der Waals surface area (Å²) in [5.74, 6) is 0.927. The molecule has 0 fully saturated rings. The normalized spacial score (nSPS) is 13.5. The first-order valence-electron chi connectivity index (χ1n) is 7.89. The predicted molar refractivity (Wildman–Crippen MR) is 98.3 cm³/mol. The van der Waals surface area contributed by atoms with E-state index in [1.165, 1.54) is 5.69 Å². The lowest BCUT2D eigenvalue weighted by Crippen LogP contribution is -2.46. The number of nitrogens with one attached hydrogen (secondary N) is 1. The summed E-state index contributed by atoms with van der Waals surface area (Å²) in [5, 5.41) is 3.48. The summed E-state index contributed by atoms with van der Waals surface area (Å²) in [6, 6.07) is 2.63. The van der Waals surface area contributed by atoms with Gasteiger partial charge in [0.2, 0.25) is 0 Å². The van der Waals surface area contributed by atoms with Crippen molar-refractivity contribution in [3.8, 4) is 0 Å². The zero-order valence-corrected chi connectivity index (χ0v) is 16.3. The van der Waals surface area contributed by atoms with Crippen molar-refractivity contribution in [2.45, 2.75) is 33.4 Å². The van der Waals surface area contributed by atoms with E-state index in [4.69, 9.17) is 0 Å². The highest BCUT2D eigenvalue weighted by molar-refractivity contribution is 9.10. The summed E-state index contributed by atoms with van der Waals surface area (Å²) in [6.45, 7) is 10.5. The van der Waals surface area contributed by atoms with E-state index in [0.717, 1.165) is 36.6 Å². The van der Waals surface area contributed by atoms with Gasteiger partial charge >= 0.3 is 0 Å². The molecule has 1 atom stereocenters. The lowest BCUT2D eigenvalue weighted by molar-refractivity contribution is 0.230. The fourth-order valence-electron chi connectivity index (χ4n) is 2.64. The molecule has 5 nitrogen and oxygen atoms in total. The zero-order valence-electron chi connectivity index (χ0n) is 14.7. The number of likely N-dealkylation sites (N-methyl/N-ethyl adjacent to an activating group) is 1. The van der Waals surface area contributed by atoms with Gasteiger partial charge in [-0.2, -0.15) is 0 Å². The number of guanidine groups is 1. The molecule has 0 saturated heterocycles. The second kappa shape index (κ2) is 9.20. The Bertz CT molecular complexity index is 479. The fourth-order valence-corrected chi connectivity index (χ4v) is 3.21.